The number of anilines is 2. The third kappa shape index (κ3) is 3.65. The molecular weight excluding hydrogens is 302 g/mol. The first-order chi connectivity index (χ1) is 11.8. The molecule has 0 fully saturated rings. The zero-order valence-electron chi connectivity index (χ0n) is 12.5. The lowest BCUT2D eigenvalue weighted by Crippen LogP contribution is -1.95. The van der Waals surface area contributed by atoms with Gasteiger partial charge in [-0.3, -0.25) is 0 Å². The van der Waals surface area contributed by atoms with E-state index in [4.69, 9.17) is 15.3 Å². The monoisotopic (exact) mass is 313 g/mol. The Balaban J connectivity index is 1.76. The summed E-state index contributed by atoms with van der Waals surface area (Å²) in [7, 11) is 0. The lowest BCUT2D eigenvalue weighted by Gasteiger charge is -2.09. The Morgan fingerprint density at radius 2 is 1.83 bits per heavy atom. The van der Waals surface area contributed by atoms with Crippen LogP contribution < -0.4 is 10.1 Å². The summed E-state index contributed by atoms with van der Waals surface area (Å²) in [6.45, 7) is 0. The first-order valence-corrected chi connectivity index (χ1v) is 7.05. The Bertz CT molecular complexity index is 939. The second kappa shape index (κ2) is 6.91. The van der Waals surface area contributed by atoms with Crippen LogP contribution in [-0.4, -0.2) is 9.97 Å². The molecule has 3 aromatic rings. The van der Waals surface area contributed by atoms with Gasteiger partial charge in [0.2, 0.25) is 5.88 Å². The third-order valence-corrected chi connectivity index (χ3v) is 3.06. The van der Waals surface area contributed by atoms with Crippen molar-refractivity contribution in [1.82, 2.24) is 9.97 Å². The maximum absolute atomic E-state index is 8.89. The van der Waals surface area contributed by atoms with E-state index in [1.54, 1.807) is 42.5 Å². The van der Waals surface area contributed by atoms with Crippen LogP contribution in [0.25, 0.3) is 0 Å². The van der Waals surface area contributed by atoms with E-state index in [1.807, 2.05) is 24.3 Å². The molecule has 3 rings (SSSR count). The number of hydrogen-bond acceptors (Lipinski definition) is 6. The lowest BCUT2D eigenvalue weighted by molar-refractivity contribution is 0.463. The quantitative estimate of drug-likeness (QED) is 0.788. The first-order valence-electron chi connectivity index (χ1n) is 7.05. The molecule has 114 valence electrons. The van der Waals surface area contributed by atoms with Crippen molar-refractivity contribution in [1.29, 1.82) is 10.5 Å². The van der Waals surface area contributed by atoms with E-state index in [2.05, 4.69) is 15.3 Å². The largest absolute Gasteiger partial charge is 0.439 e. The summed E-state index contributed by atoms with van der Waals surface area (Å²) in [5.74, 6) is 1.56. The number of pyridine rings is 2. The second-order valence-corrected chi connectivity index (χ2v) is 4.77. The van der Waals surface area contributed by atoms with Crippen LogP contribution in [0.4, 0.5) is 11.5 Å². The highest BCUT2D eigenvalue weighted by atomic mass is 16.5. The van der Waals surface area contributed by atoms with Gasteiger partial charge in [0.1, 0.15) is 29.4 Å². The van der Waals surface area contributed by atoms with E-state index in [0.29, 0.717) is 28.7 Å². The first kappa shape index (κ1) is 15.0. The van der Waals surface area contributed by atoms with E-state index >= 15 is 0 Å². The molecule has 6 nitrogen and oxygen atoms in total. The van der Waals surface area contributed by atoms with Gasteiger partial charge >= 0.3 is 0 Å². The van der Waals surface area contributed by atoms with Crippen LogP contribution in [0.2, 0.25) is 0 Å². The normalized spacial score (nSPS) is 9.58. The summed E-state index contributed by atoms with van der Waals surface area (Å²) in [6.07, 6.45) is 1.45. The average molecular weight is 313 g/mol. The molecule has 0 aliphatic carbocycles. The molecule has 24 heavy (non-hydrogen) atoms. The minimum Gasteiger partial charge on any atom is -0.439 e. The zero-order valence-corrected chi connectivity index (χ0v) is 12.5. The molecule has 0 saturated carbocycles. The van der Waals surface area contributed by atoms with Crippen LogP contribution in [0, 0.1) is 22.7 Å². The predicted molar refractivity (Wildman–Crippen MR) is 87.7 cm³/mol. The highest BCUT2D eigenvalue weighted by Gasteiger charge is 2.02. The molecule has 0 bridgehead atoms. The Hall–Kier alpha value is -3.90. The average Bonchev–Trinajstić information content (AvgIpc) is 2.63. The number of benzene rings is 1. The number of nitrogens with zero attached hydrogens (tertiary/aromatic N) is 4. The fourth-order valence-electron chi connectivity index (χ4n) is 1.98. The second-order valence-electron chi connectivity index (χ2n) is 4.77. The zero-order chi connectivity index (χ0) is 16.8. The molecule has 1 N–H and O–H groups in total. The SMILES string of the molecule is N#Cc1ccc(Oc2cccc(Nc3cccc(C#N)n3)c2)nc1. The van der Waals surface area contributed by atoms with Crippen LogP contribution in [0.3, 0.4) is 0 Å². The van der Waals surface area contributed by atoms with Crippen molar-refractivity contribution in [3.63, 3.8) is 0 Å². The van der Waals surface area contributed by atoms with Gasteiger partial charge < -0.3 is 10.1 Å². The molecule has 0 saturated heterocycles. The molecule has 0 amide bonds. The number of ether oxygens (including phenoxy) is 1. The Kier molecular flexibility index (Phi) is 4.32. The molecular formula is C18H11N5O. The van der Waals surface area contributed by atoms with Crippen molar-refractivity contribution in [2.45, 2.75) is 0 Å². The molecule has 0 atom stereocenters. The van der Waals surface area contributed by atoms with Gasteiger partial charge in [-0.05, 0) is 30.3 Å². The predicted octanol–water partition coefficient (Wildman–Crippen LogP) is 3.76. The van der Waals surface area contributed by atoms with Crippen molar-refractivity contribution >= 4 is 11.5 Å². The summed E-state index contributed by atoms with van der Waals surface area (Å²) in [5, 5.41) is 20.8. The maximum atomic E-state index is 8.89. The third-order valence-electron chi connectivity index (χ3n) is 3.06. The fourth-order valence-corrected chi connectivity index (χ4v) is 1.98. The van der Waals surface area contributed by atoms with Gasteiger partial charge in [-0.25, -0.2) is 9.97 Å². The van der Waals surface area contributed by atoms with Crippen molar-refractivity contribution in [3.8, 4) is 23.8 Å². The molecule has 1 aromatic carbocycles. The number of rotatable bonds is 4. The summed E-state index contributed by atoms with van der Waals surface area (Å²) in [4.78, 5) is 8.23. The van der Waals surface area contributed by atoms with Crippen molar-refractivity contribution in [3.05, 3.63) is 72.1 Å². The van der Waals surface area contributed by atoms with Gasteiger partial charge in [0.05, 0.1) is 5.56 Å². The van der Waals surface area contributed by atoms with E-state index < -0.39 is 0 Å². The highest BCUT2D eigenvalue weighted by molar-refractivity contribution is 5.58. The topological polar surface area (TPSA) is 94.6 Å². The number of aromatic nitrogens is 2. The van der Waals surface area contributed by atoms with E-state index in [0.717, 1.165) is 5.69 Å². The molecule has 0 radical (unpaired) electrons. The minimum atomic E-state index is 0.342. The van der Waals surface area contributed by atoms with Crippen LogP contribution in [0.1, 0.15) is 11.3 Å². The number of nitriles is 2. The minimum absolute atomic E-state index is 0.342. The van der Waals surface area contributed by atoms with E-state index in [-0.39, 0.29) is 0 Å². The molecule has 0 unspecified atom stereocenters. The van der Waals surface area contributed by atoms with Crippen LogP contribution in [0.15, 0.2) is 60.8 Å². The fraction of sp³-hybridized carbons (Fsp3) is 0. The summed E-state index contributed by atoms with van der Waals surface area (Å²) >= 11 is 0. The maximum Gasteiger partial charge on any atom is 0.219 e. The summed E-state index contributed by atoms with van der Waals surface area (Å²) in [6, 6.07) is 19.7. The van der Waals surface area contributed by atoms with Crippen LogP contribution in [0.5, 0.6) is 11.6 Å². The molecule has 0 aliphatic rings. The molecule has 2 heterocycles. The van der Waals surface area contributed by atoms with Crippen LogP contribution >= 0.6 is 0 Å². The van der Waals surface area contributed by atoms with Gasteiger partial charge in [-0.1, -0.05) is 12.1 Å². The van der Waals surface area contributed by atoms with Gasteiger partial charge in [-0.2, -0.15) is 10.5 Å². The van der Waals surface area contributed by atoms with Crippen molar-refractivity contribution in [2.24, 2.45) is 0 Å². The van der Waals surface area contributed by atoms with Gasteiger partial charge in [0.15, 0.2) is 0 Å². The Labute approximate surface area is 138 Å². The van der Waals surface area contributed by atoms with Gasteiger partial charge in [0, 0.05) is 24.0 Å². The van der Waals surface area contributed by atoms with Gasteiger partial charge in [-0.15, -0.1) is 0 Å². The summed E-state index contributed by atoms with van der Waals surface area (Å²) < 4.78 is 5.67. The smallest absolute Gasteiger partial charge is 0.219 e. The van der Waals surface area contributed by atoms with Gasteiger partial charge in [0.25, 0.3) is 0 Å². The van der Waals surface area contributed by atoms with Crippen molar-refractivity contribution in [2.75, 3.05) is 5.32 Å². The Morgan fingerprint density at radius 3 is 2.58 bits per heavy atom. The van der Waals surface area contributed by atoms with E-state index in [9.17, 15) is 0 Å². The number of hydrogen-bond donors (Lipinski definition) is 1. The highest BCUT2D eigenvalue weighted by Crippen LogP contribution is 2.24. The molecule has 2 aromatic heterocycles. The Morgan fingerprint density at radius 1 is 0.958 bits per heavy atom. The summed E-state index contributed by atoms with van der Waals surface area (Å²) in [5.41, 5.74) is 1.58. The van der Waals surface area contributed by atoms with E-state index in [1.165, 1.54) is 6.20 Å². The number of nitrogens with one attached hydrogen (secondary N) is 1. The van der Waals surface area contributed by atoms with Crippen molar-refractivity contribution < 1.29 is 4.74 Å². The lowest BCUT2D eigenvalue weighted by atomic mass is 10.3. The molecule has 0 spiro atoms. The molecule has 6 heteroatoms. The van der Waals surface area contributed by atoms with Crippen LogP contribution in [-0.2, 0) is 0 Å². The standard InChI is InChI=1S/C18H11N5O/c19-10-13-7-8-18(21-12-13)24-16-5-1-3-14(9-16)22-17-6-2-4-15(11-20)23-17/h1-9,12H,(H,22,23). The molecule has 0 aliphatic heterocycles.